The van der Waals surface area contributed by atoms with Gasteiger partial charge in [-0.05, 0) is 48.2 Å². The number of nitrogens with zero attached hydrogens (tertiary/aromatic N) is 3. The van der Waals surface area contributed by atoms with Gasteiger partial charge in [0.1, 0.15) is 5.75 Å². The molecule has 7 nitrogen and oxygen atoms in total. The Morgan fingerprint density at radius 1 is 1.21 bits per heavy atom. The number of nitrogens with two attached hydrogens (primary N) is 1. The number of hydrogen-bond donors (Lipinski definition) is 2. The van der Waals surface area contributed by atoms with Crippen LogP contribution in [0.2, 0.25) is 0 Å². The van der Waals surface area contributed by atoms with Crippen LogP contribution in [0.5, 0.6) is 5.75 Å². The van der Waals surface area contributed by atoms with Gasteiger partial charge in [0, 0.05) is 11.3 Å². The van der Waals surface area contributed by atoms with Crippen LogP contribution in [0.1, 0.15) is 31.7 Å². The molecule has 0 radical (unpaired) electrons. The summed E-state index contributed by atoms with van der Waals surface area (Å²) >= 11 is 1.25. The molecule has 0 unspecified atom stereocenters. The molecule has 1 atom stereocenters. The van der Waals surface area contributed by atoms with Crippen LogP contribution in [0.3, 0.4) is 0 Å². The van der Waals surface area contributed by atoms with E-state index in [9.17, 15) is 4.79 Å². The molecule has 1 aromatic heterocycles. The molecule has 8 heteroatoms. The van der Waals surface area contributed by atoms with Gasteiger partial charge in [0.05, 0.1) is 12.9 Å². The predicted molar refractivity (Wildman–Crippen MR) is 117 cm³/mol. The van der Waals surface area contributed by atoms with Crippen LogP contribution >= 0.6 is 11.8 Å². The van der Waals surface area contributed by atoms with E-state index >= 15 is 0 Å². The second kappa shape index (κ2) is 9.47. The summed E-state index contributed by atoms with van der Waals surface area (Å²) in [6.07, 6.45) is 1.01. The summed E-state index contributed by atoms with van der Waals surface area (Å²) in [5.41, 5.74) is 2.80. The first-order valence-electron chi connectivity index (χ1n) is 9.40. The van der Waals surface area contributed by atoms with Crippen molar-refractivity contribution in [2.45, 2.75) is 31.3 Å². The molecule has 0 fully saturated rings. The van der Waals surface area contributed by atoms with E-state index in [1.54, 1.807) is 7.11 Å². The van der Waals surface area contributed by atoms with Crippen molar-refractivity contribution in [1.82, 2.24) is 14.9 Å². The highest BCUT2D eigenvalue weighted by Gasteiger charge is 2.15. The van der Waals surface area contributed by atoms with Crippen molar-refractivity contribution >= 4 is 23.4 Å². The van der Waals surface area contributed by atoms with Gasteiger partial charge in [-0.25, -0.2) is 4.68 Å². The Morgan fingerprint density at radius 2 is 1.93 bits per heavy atom. The second-order valence-electron chi connectivity index (χ2n) is 6.64. The molecule has 3 rings (SSSR count). The molecule has 2 aromatic carbocycles. The van der Waals surface area contributed by atoms with E-state index in [4.69, 9.17) is 10.6 Å². The Balaban J connectivity index is 1.65. The summed E-state index contributed by atoms with van der Waals surface area (Å²) in [6, 6.07) is 15.3. The molecule has 3 N–H and O–H groups in total. The van der Waals surface area contributed by atoms with Crippen molar-refractivity contribution in [1.29, 1.82) is 0 Å². The molecular formula is C21H25N5O2S. The lowest BCUT2D eigenvalue weighted by Crippen LogP contribution is -2.17. The minimum atomic E-state index is -0.111. The van der Waals surface area contributed by atoms with Crippen LogP contribution in [0, 0.1) is 0 Å². The Kier molecular flexibility index (Phi) is 6.77. The van der Waals surface area contributed by atoms with Crippen LogP contribution in [-0.4, -0.2) is 33.6 Å². The van der Waals surface area contributed by atoms with E-state index in [0.29, 0.717) is 16.9 Å². The number of thioether (sulfide) groups is 1. The molecule has 0 aliphatic carbocycles. The molecule has 0 saturated heterocycles. The van der Waals surface area contributed by atoms with Crippen molar-refractivity contribution in [3.8, 4) is 17.1 Å². The molecule has 0 spiro atoms. The van der Waals surface area contributed by atoms with Gasteiger partial charge in [-0.1, -0.05) is 43.8 Å². The Bertz CT molecular complexity index is 971. The maximum Gasteiger partial charge on any atom is 0.234 e. The standard InChI is InChI=1S/C21H25N5O2S/c1-4-14(2)17-7-5-6-8-18(17)23-19(27)13-29-21-25-24-20(26(21)22)15-9-11-16(28-3)12-10-15/h5-12,14H,4,13,22H2,1-3H3,(H,23,27)/t14-/m1/s1. The highest BCUT2D eigenvalue weighted by Crippen LogP contribution is 2.27. The number of aromatic nitrogens is 3. The van der Waals surface area contributed by atoms with Crippen molar-refractivity contribution < 1.29 is 9.53 Å². The monoisotopic (exact) mass is 411 g/mol. The van der Waals surface area contributed by atoms with Crippen molar-refractivity contribution in [3.05, 3.63) is 54.1 Å². The summed E-state index contributed by atoms with van der Waals surface area (Å²) in [6.45, 7) is 4.28. The lowest BCUT2D eigenvalue weighted by molar-refractivity contribution is -0.113. The van der Waals surface area contributed by atoms with Crippen LogP contribution < -0.4 is 15.9 Å². The van der Waals surface area contributed by atoms with Gasteiger partial charge in [0.15, 0.2) is 5.82 Å². The number of carbonyl (C=O) groups is 1. The van der Waals surface area contributed by atoms with E-state index in [1.807, 2.05) is 42.5 Å². The number of ether oxygens (including phenoxy) is 1. The SMILES string of the molecule is CC[C@@H](C)c1ccccc1NC(=O)CSc1nnc(-c2ccc(OC)cc2)n1N. The van der Waals surface area contributed by atoms with E-state index < -0.39 is 0 Å². The Labute approximate surface area is 174 Å². The molecule has 0 saturated carbocycles. The molecule has 152 valence electrons. The fraction of sp³-hybridized carbons (Fsp3) is 0.286. The summed E-state index contributed by atoms with van der Waals surface area (Å²) < 4.78 is 6.56. The molecular weight excluding hydrogens is 386 g/mol. The normalized spacial score (nSPS) is 11.8. The number of hydrogen-bond acceptors (Lipinski definition) is 6. The largest absolute Gasteiger partial charge is 0.497 e. The quantitative estimate of drug-likeness (QED) is 0.431. The highest BCUT2D eigenvalue weighted by molar-refractivity contribution is 7.99. The molecule has 0 bridgehead atoms. The minimum absolute atomic E-state index is 0.111. The number of nitrogen functional groups attached to an aromatic ring is 1. The zero-order valence-corrected chi connectivity index (χ0v) is 17.6. The van der Waals surface area contributed by atoms with E-state index in [1.165, 1.54) is 16.4 Å². The second-order valence-corrected chi connectivity index (χ2v) is 7.58. The van der Waals surface area contributed by atoms with Gasteiger partial charge < -0.3 is 15.9 Å². The van der Waals surface area contributed by atoms with Gasteiger partial charge in [-0.3, -0.25) is 4.79 Å². The van der Waals surface area contributed by atoms with Gasteiger partial charge >= 0.3 is 0 Å². The van der Waals surface area contributed by atoms with Crippen LogP contribution in [0.25, 0.3) is 11.4 Å². The lowest BCUT2D eigenvalue weighted by Gasteiger charge is -2.15. The Hall–Kier alpha value is -3.00. The zero-order chi connectivity index (χ0) is 20.8. The predicted octanol–water partition coefficient (Wildman–Crippen LogP) is 3.91. The topological polar surface area (TPSA) is 95.1 Å². The highest BCUT2D eigenvalue weighted by atomic mass is 32.2. The van der Waals surface area contributed by atoms with Crippen molar-refractivity contribution in [3.63, 3.8) is 0 Å². The fourth-order valence-corrected chi connectivity index (χ4v) is 3.55. The van der Waals surface area contributed by atoms with Crippen molar-refractivity contribution in [2.75, 3.05) is 24.0 Å². The number of amides is 1. The third-order valence-corrected chi connectivity index (χ3v) is 5.67. The number of methoxy groups -OCH3 is 1. The maximum absolute atomic E-state index is 12.5. The average molecular weight is 412 g/mol. The number of anilines is 1. The van der Waals surface area contributed by atoms with Crippen LogP contribution in [0.15, 0.2) is 53.7 Å². The number of benzene rings is 2. The Morgan fingerprint density at radius 3 is 2.62 bits per heavy atom. The summed E-state index contributed by atoms with van der Waals surface area (Å²) in [4.78, 5) is 12.5. The number of nitrogens with one attached hydrogen (secondary N) is 1. The molecule has 1 heterocycles. The third kappa shape index (κ3) is 4.89. The molecule has 0 aliphatic heterocycles. The summed E-state index contributed by atoms with van der Waals surface area (Å²) in [5.74, 6) is 7.86. The zero-order valence-electron chi connectivity index (χ0n) is 16.8. The number of para-hydroxylation sites is 1. The number of carbonyl (C=O) groups excluding carboxylic acids is 1. The summed E-state index contributed by atoms with van der Waals surface area (Å²) in [5, 5.41) is 11.7. The molecule has 3 aromatic rings. The number of rotatable bonds is 8. The van der Waals surface area contributed by atoms with E-state index in [-0.39, 0.29) is 11.7 Å². The van der Waals surface area contributed by atoms with Crippen molar-refractivity contribution in [2.24, 2.45) is 0 Å². The van der Waals surface area contributed by atoms with Crippen LogP contribution in [0.4, 0.5) is 5.69 Å². The van der Waals surface area contributed by atoms with Crippen LogP contribution in [-0.2, 0) is 4.79 Å². The minimum Gasteiger partial charge on any atom is -0.497 e. The van der Waals surface area contributed by atoms with Gasteiger partial charge in [0.25, 0.3) is 0 Å². The third-order valence-electron chi connectivity index (χ3n) is 4.72. The lowest BCUT2D eigenvalue weighted by atomic mass is 9.97. The van der Waals surface area contributed by atoms with Gasteiger partial charge in [-0.2, -0.15) is 0 Å². The summed E-state index contributed by atoms with van der Waals surface area (Å²) in [7, 11) is 1.61. The molecule has 0 aliphatic rings. The maximum atomic E-state index is 12.5. The smallest absolute Gasteiger partial charge is 0.234 e. The first kappa shape index (κ1) is 20.7. The first-order valence-corrected chi connectivity index (χ1v) is 10.4. The van der Waals surface area contributed by atoms with E-state index in [2.05, 4.69) is 35.4 Å². The van der Waals surface area contributed by atoms with Gasteiger partial charge in [-0.15, -0.1) is 10.2 Å². The fourth-order valence-electron chi connectivity index (χ4n) is 2.89. The van der Waals surface area contributed by atoms with Gasteiger partial charge in [0.2, 0.25) is 11.1 Å². The average Bonchev–Trinajstić information content (AvgIpc) is 3.12. The van der Waals surface area contributed by atoms with E-state index in [0.717, 1.165) is 29.0 Å². The first-order chi connectivity index (χ1) is 14.0. The molecule has 1 amide bonds. The molecule has 29 heavy (non-hydrogen) atoms.